The summed E-state index contributed by atoms with van der Waals surface area (Å²) < 4.78 is 5.19. The maximum absolute atomic E-state index is 13.1. The third kappa shape index (κ3) is 8.34. The summed E-state index contributed by atoms with van der Waals surface area (Å²) >= 11 is 0. The average molecular weight is 448 g/mol. The zero-order valence-electron chi connectivity index (χ0n) is 20.2. The summed E-state index contributed by atoms with van der Waals surface area (Å²) in [5.41, 5.74) is 0.124. The zero-order valence-corrected chi connectivity index (χ0v) is 20.2. The molecule has 0 spiro atoms. The van der Waals surface area contributed by atoms with Crippen LogP contribution < -0.4 is 15.4 Å². The minimum absolute atomic E-state index is 0.134. The molecule has 0 saturated heterocycles. The maximum atomic E-state index is 13.1. The first-order chi connectivity index (χ1) is 14.8. The third-order valence-corrected chi connectivity index (χ3v) is 4.90. The second kappa shape index (κ2) is 11.7. The quantitative estimate of drug-likeness (QED) is 0.372. The molecule has 1 aromatic rings. The van der Waals surface area contributed by atoms with Crippen molar-refractivity contribution in [3.8, 4) is 5.75 Å². The molecule has 0 bridgehead atoms. The molecule has 0 radical (unpaired) electrons. The number of hydroxylamine groups is 2. The number of hydrogen-bond acceptors (Lipinski definition) is 5. The summed E-state index contributed by atoms with van der Waals surface area (Å²) in [6, 6.07) is 6.09. The normalized spacial score (nSPS) is 13.2. The molecule has 3 N–H and O–H groups in total. The molecule has 0 aliphatic carbocycles. The smallest absolute Gasteiger partial charge is 0.251 e. The van der Waals surface area contributed by atoms with Gasteiger partial charge in [-0.2, -0.15) is 5.06 Å². The number of nitrogens with zero attached hydrogens (tertiary/aromatic N) is 1. The van der Waals surface area contributed by atoms with Crippen LogP contribution in [-0.2, 0) is 14.4 Å². The number of methoxy groups -OCH3 is 1. The molecule has 0 unspecified atom stereocenters. The van der Waals surface area contributed by atoms with Crippen LogP contribution in [0.1, 0.15) is 54.4 Å². The predicted molar refractivity (Wildman–Crippen MR) is 124 cm³/mol. The fraction of sp³-hybridized carbons (Fsp3) is 0.542. The van der Waals surface area contributed by atoms with Gasteiger partial charge in [0.05, 0.1) is 7.11 Å². The van der Waals surface area contributed by atoms with Crippen LogP contribution in [0.2, 0.25) is 0 Å². The van der Waals surface area contributed by atoms with Gasteiger partial charge in [0.1, 0.15) is 11.8 Å². The molecule has 0 aromatic heterocycles. The minimum Gasteiger partial charge on any atom is -0.497 e. The number of carbonyl (C=O) groups excluding carboxylic acids is 3. The number of rotatable bonds is 10. The SMILES string of the molecule is C=C(C)N(O)C(=O)C[C@@H](CC(C)C)C(=O)N[C@H](C(=O)Nc1cccc(OC)c1)C(C)(C)C. The maximum Gasteiger partial charge on any atom is 0.251 e. The second-order valence-electron chi connectivity index (χ2n) is 9.50. The Morgan fingerprint density at radius 2 is 1.81 bits per heavy atom. The lowest BCUT2D eigenvalue weighted by Gasteiger charge is -2.32. The van der Waals surface area contributed by atoms with Crippen LogP contribution in [0.15, 0.2) is 36.5 Å². The molecule has 0 saturated carbocycles. The minimum atomic E-state index is -0.850. The summed E-state index contributed by atoms with van der Waals surface area (Å²) in [6.07, 6.45) is 0.234. The molecule has 0 fully saturated rings. The van der Waals surface area contributed by atoms with Crippen molar-refractivity contribution in [3.63, 3.8) is 0 Å². The second-order valence-corrected chi connectivity index (χ2v) is 9.50. The van der Waals surface area contributed by atoms with E-state index in [-0.39, 0.29) is 23.9 Å². The van der Waals surface area contributed by atoms with Gasteiger partial charge < -0.3 is 15.4 Å². The first-order valence-corrected chi connectivity index (χ1v) is 10.7. The van der Waals surface area contributed by atoms with Crippen molar-refractivity contribution in [1.82, 2.24) is 10.4 Å². The van der Waals surface area contributed by atoms with E-state index < -0.39 is 29.2 Å². The number of benzene rings is 1. The highest BCUT2D eigenvalue weighted by atomic mass is 16.5. The van der Waals surface area contributed by atoms with Crippen LogP contribution in [0, 0.1) is 17.3 Å². The Hall–Kier alpha value is -2.87. The van der Waals surface area contributed by atoms with Crippen LogP contribution in [0.4, 0.5) is 5.69 Å². The first-order valence-electron chi connectivity index (χ1n) is 10.7. The molecule has 3 amide bonds. The molecule has 2 atom stereocenters. The standard InChI is InChI=1S/C24H37N3O5/c1-15(2)12-17(13-20(28)27(31)16(3)4)22(29)26-21(24(5,6)7)23(30)25-18-10-9-11-19(14-18)32-8/h9-11,14-15,17,21,31H,3,12-13H2,1-2,4-8H3,(H,25,30)(H,26,29)/t17-,21-/m1/s1. The lowest BCUT2D eigenvalue weighted by Crippen LogP contribution is -2.53. The fourth-order valence-electron chi connectivity index (χ4n) is 3.21. The van der Waals surface area contributed by atoms with E-state index in [1.807, 2.05) is 34.6 Å². The van der Waals surface area contributed by atoms with Gasteiger partial charge in [-0.25, -0.2) is 0 Å². The monoisotopic (exact) mass is 447 g/mol. The van der Waals surface area contributed by atoms with Gasteiger partial charge in [-0.15, -0.1) is 0 Å². The van der Waals surface area contributed by atoms with Crippen LogP contribution in [0.5, 0.6) is 5.75 Å². The van der Waals surface area contributed by atoms with Gasteiger partial charge in [-0.3, -0.25) is 19.6 Å². The van der Waals surface area contributed by atoms with Gasteiger partial charge in [-0.05, 0) is 36.8 Å². The summed E-state index contributed by atoms with van der Waals surface area (Å²) in [5, 5.41) is 15.9. The van der Waals surface area contributed by atoms with Crippen molar-refractivity contribution in [2.24, 2.45) is 17.3 Å². The fourth-order valence-corrected chi connectivity index (χ4v) is 3.21. The highest BCUT2D eigenvalue weighted by molar-refractivity contribution is 5.98. The molecule has 32 heavy (non-hydrogen) atoms. The average Bonchev–Trinajstić information content (AvgIpc) is 2.69. The zero-order chi connectivity index (χ0) is 24.6. The molecule has 0 aliphatic heterocycles. The molecular formula is C24H37N3O5. The van der Waals surface area contributed by atoms with Gasteiger partial charge in [0.2, 0.25) is 11.8 Å². The Kier molecular flexibility index (Phi) is 9.90. The lowest BCUT2D eigenvalue weighted by atomic mass is 9.85. The predicted octanol–water partition coefficient (Wildman–Crippen LogP) is 3.97. The summed E-state index contributed by atoms with van der Waals surface area (Å²) in [4.78, 5) is 38.5. The van der Waals surface area contributed by atoms with E-state index in [9.17, 15) is 19.6 Å². The van der Waals surface area contributed by atoms with Gasteiger partial charge >= 0.3 is 0 Å². The molecule has 0 heterocycles. The topological polar surface area (TPSA) is 108 Å². The molecule has 8 nitrogen and oxygen atoms in total. The van der Waals surface area contributed by atoms with Crippen LogP contribution in [0.3, 0.4) is 0 Å². The van der Waals surface area contributed by atoms with E-state index >= 15 is 0 Å². The molecule has 1 aromatic carbocycles. The van der Waals surface area contributed by atoms with Crippen molar-refractivity contribution in [1.29, 1.82) is 0 Å². The van der Waals surface area contributed by atoms with Crippen molar-refractivity contribution >= 4 is 23.4 Å². The van der Waals surface area contributed by atoms with Crippen molar-refractivity contribution in [2.75, 3.05) is 12.4 Å². The van der Waals surface area contributed by atoms with Crippen molar-refractivity contribution in [3.05, 3.63) is 36.5 Å². The van der Waals surface area contributed by atoms with E-state index in [4.69, 9.17) is 4.74 Å². The van der Waals surface area contributed by atoms with Crippen LogP contribution >= 0.6 is 0 Å². The first kappa shape index (κ1) is 27.2. The van der Waals surface area contributed by atoms with E-state index in [0.717, 1.165) is 0 Å². The van der Waals surface area contributed by atoms with Gasteiger partial charge in [0.15, 0.2) is 0 Å². The van der Waals surface area contributed by atoms with Crippen LogP contribution in [-0.4, -0.2) is 41.1 Å². The molecule has 178 valence electrons. The van der Waals surface area contributed by atoms with E-state index in [1.54, 1.807) is 24.3 Å². The number of allylic oxidation sites excluding steroid dienone is 1. The Bertz CT molecular complexity index is 829. The Balaban J connectivity index is 3.05. The van der Waals surface area contributed by atoms with E-state index in [1.165, 1.54) is 14.0 Å². The summed E-state index contributed by atoms with van der Waals surface area (Å²) in [5.74, 6) is -1.38. The largest absolute Gasteiger partial charge is 0.497 e. The molecular weight excluding hydrogens is 410 g/mol. The summed E-state index contributed by atoms with van der Waals surface area (Å²) in [6.45, 7) is 14.5. The number of hydrogen-bond donors (Lipinski definition) is 3. The summed E-state index contributed by atoms with van der Waals surface area (Å²) in [7, 11) is 1.54. The number of anilines is 1. The number of nitrogens with one attached hydrogen (secondary N) is 2. The van der Waals surface area contributed by atoms with Crippen molar-refractivity contribution < 1.29 is 24.3 Å². The van der Waals surface area contributed by atoms with Gasteiger partial charge in [0, 0.05) is 29.8 Å². The van der Waals surface area contributed by atoms with Gasteiger partial charge in [0.25, 0.3) is 5.91 Å². The number of amides is 3. The highest BCUT2D eigenvalue weighted by Crippen LogP contribution is 2.24. The molecule has 8 heteroatoms. The van der Waals surface area contributed by atoms with Crippen LogP contribution in [0.25, 0.3) is 0 Å². The van der Waals surface area contributed by atoms with E-state index in [2.05, 4.69) is 17.2 Å². The molecule has 0 aliphatic rings. The number of ether oxygens (including phenoxy) is 1. The van der Waals surface area contributed by atoms with Gasteiger partial charge in [-0.1, -0.05) is 47.3 Å². The van der Waals surface area contributed by atoms with E-state index in [0.29, 0.717) is 22.9 Å². The third-order valence-electron chi connectivity index (χ3n) is 4.90. The highest BCUT2D eigenvalue weighted by Gasteiger charge is 2.35. The van der Waals surface area contributed by atoms with Crippen molar-refractivity contribution in [2.45, 2.75) is 60.4 Å². The Morgan fingerprint density at radius 3 is 2.31 bits per heavy atom. The number of carbonyl (C=O) groups is 3. The molecule has 1 rings (SSSR count). The Morgan fingerprint density at radius 1 is 1.19 bits per heavy atom. The lowest BCUT2D eigenvalue weighted by molar-refractivity contribution is -0.159. The Labute approximate surface area is 191 Å².